The van der Waals surface area contributed by atoms with Crippen molar-refractivity contribution in [2.45, 2.75) is 25.7 Å². The third kappa shape index (κ3) is 4.18. The van der Waals surface area contributed by atoms with E-state index >= 15 is 0 Å². The molecule has 2 aromatic rings. The van der Waals surface area contributed by atoms with Gasteiger partial charge in [0, 0.05) is 30.8 Å². The SMILES string of the molecule is COc1ccccc1CCC(=O)Nc1ccc(N2CCCC2=O)cc1. The molecule has 5 heteroatoms. The number of anilines is 2. The Morgan fingerprint density at radius 3 is 2.60 bits per heavy atom. The van der Waals surface area contributed by atoms with Crippen molar-refractivity contribution in [3.05, 3.63) is 54.1 Å². The largest absolute Gasteiger partial charge is 0.496 e. The van der Waals surface area contributed by atoms with Crippen LogP contribution in [-0.2, 0) is 16.0 Å². The van der Waals surface area contributed by atoms with Gasteiger partial charge in [-0.2, -0.15) is 0 Å². The zero-order valence-corrected chi connectivity index (χ0v) is 14.3. The standard InChI is InChI=1S/C20H22N2O3/c1-25-18-6-3-2-5-15(18)8-13-19(23)21-16-9-11-17(12-10-16)22-14-4-7-20(22)24/h2-3,5-6,9-12H,4,7-8,13-14H2,1H3,(H,21,23). The number of para-hydroxylation sites is 1. The first-order valence-corrected chi connectivity index (χ1v) is 8.49. The molecule has 130 valence electrons. The Bertz CT molecular complexity index is 756. The van der Waals surface area contributed by atoms with Gasteiger partial charge in [0.1, 0.15) is 5.75 Å². The predicted octanol–water partition coefficient (Wildman–Crippen LogP) is 3.39. The zero-order chi connectivity index (χ0) is 17.6. The van der Waals surface area contributed by atoms with Crippen LogP contribution in [-0.4, -0.2) is 25.5 Å². The second kappa shape index (κ2) is 7.83. The molecule has 0 aliphatic carbocycles. The molecule has 1 saturated heterocycles. The number of rotatable bonds is 6. The number of carbonyl (C=O) groups excluding carboxylic acids is 2. The molecule has 25 heavy (non-hydrogen) atoms. The van der Waals surface area contributed by atoms with Crippen LogP contribution < -0.4 is 15.0 Å². The number of carbonyl (C=O) groups is 2. The first kappa shape index (κ1) is 17.0. The van der Waals surface area contributed by atoms with Gasteiger partial charge in [0.15, 0.2) is 0 Å². The second-order valence-corrected chi connectivity index (χ2v) is 6.06. The lowest BCUT2D eigenvalue weighted by molar-refractivity contribution is -0.117. The average Bonchev–Trinajstić information content (AvgIpc) is 3.07. The van der Waals surface area contributed by atoms with Gasteiger partial charge < -0.3 is 15.0 Å². The van der Waals surface area contributed by atoms with E-state index < -0.39 is 0 Å². The lowest BCUT2D eigenvalue weighted by atomic mass is 10.1. The van der Waals surface area contributed by atoms with Crippen LogP contribution in [0.15, 0.2) is 48.5 Å². The van der Waals surface area contributed by atoms with Crippen molar-refractivity contribution >= 4 is 23.2 Å². The molecule has 1 aliphatic rings. The number of ether oxygens (including phenoxy) is 1. The topological polar surface area (TPSA) is 58.6 Å². The van der Waals surface area contributed by atoms with Gasteiger partial charge in [0.2, 0.25) is 11.8 Å². The molecule has 1 fully saturated rings. The summed E-state index contributed by atoms with van der Waals surface area (Å²) in [5.74, 6) is 0.916. The fraction of sp³-hybridized carbons (Fsp3) is 0.300. The summed E-state index contributed by atoms with van der Waals surface area (Å²) in [4.78, 5) is 25.7. The lowest BCUT2D eigenvalue weighted by Crippen LogP contribution is -2.23. The highest BCUT2D eigenvalue weighted by Crippen LogP contribution is 2.23. The molecule has 1 heterocycles. The molecule has 2 amide bonds. The van der Waals surface area contributed by atoms with Crippen molar-refractivity contribution in [1.82, 2.24) is 0 Å². The summed E-state index contributed by atoms with van der Waals surface area (Å²) in [5, 5.41) is 2.90. The van der Waals surface area contributed by atoms with Gasteiger partial charge >= 0.3 is 0 Å². The van der Waals surface area contributed by atoms with Crippen molar-refractivity contribution in [2.75, 3.05) is 23.9 Å². The summed E-state index contributed by atoms with van der Waals surface area (Å²) < 4.78 is 5.30. The summed E-state index contributed by atoms with van der Waals surface area (Å²) in [6, 6.07) is 15.1. The molecule has 0 radical (unpaired) electrons. The Morgan fingerprint density at radius 2 is 1.92 bits per heavy atom. The number of nitrogens with one attached hydrogen (secondary N) is 1. The summed E-state index contributed by atoms with van der Waals surface area (Å²) in [5.41, 5.74) is 2.64. The van der Waals surface area contributed by atoms with E-state index in [9.17, 15) is 9.59 Å². The van der Waals surface area contributed by atoms with Crippen molar-refractivity contribution in [3.63, 3.8) is 0 Å². The van der Waals surface area contributed by atoms with Gasteiger partial charge in [-0.3, -0.25) is 9.59 Å². The maximum Gasteiger partial charge on any atom is 0.227 e. The van der Waals surface area contributed by atoms with E-state index in [4.69, 9.17) is 4.74 Å². The van der Waals surface area contributed by atoms with Gasteiger partial charge in [-0.05, 0) is 48.7 Å². The molecule has 1 aliphatic heterocycles. The molecule has 3 rings (SSSR count). The van der Waals surface area contributed by atoms with Crippen LogP contribution in [0.3, 0.4) is 0 Å². The van der Waals surface area contributed by atoms with Gasteiger partial charge in [0.25, 0.3) is 0 Å². The molecule has 5 nitrogen and oxygen atoms in total. The summed E-state index contributed by atoms with van der Waals surface area (Å²) >= 11 is 0. The minimum absolute atomic E-state index is 0.0455. The van der Waals surface area contributed by atoms with Crippen LogP contribution in [0.25, 0.3) is 0 Å². The van der Waals surface area contributed by atoms with Gasteiger partial charge in [-0.25, -0.2) is 0 Å². The Labute approximate surface area is 147 Å². The fourth-order valence-corrected chi connectivity index (χ4v) is 3.03. The molecule has 0 aromatic heterocycles. The number of aryl methyl sites for hydroxylation is 1. The normalized spacial score (nSPS) is 13.8. The number of hydrogen-bond donors (Lipinski definition) is 1. The third-order valence-corrected chi connectivity index (χ3v) is 4.35. The van der Waals surface area contributed by atoms with E-state index in [0.29, 0.717) is 19.3 Å². The van der Waals surface area contributed by atoms with Gasteiger partial charge in [-0.15, -0.1) is 0 Å². The number of hydrogen-bond acceptors (Lipinski definition) is 3. The third-order valence-electron chi connectivity index (χ3n) is 4.35. The quantitative estimate of drug-likeness (QED) is 0.878. The van der Waals surface area contributed by atoms with Gasteiger partial charge in [0.05, 0.1) is 7.11 Å². The minimum Gasteiger partial charge on any atom is -0.496 e. The fourth-order valence-electron chi connectivity index (χ4n) is 3.03. The van der Waals surface area contributed by atoms with E-state index in [1.54, 1.807) is 12.0 Å². The van der Waals surface area contributed by atoms with E-state index in [-0.39, 0.29) is 11.8 Å². The van der Waals surface area contributed by atoms with E-state index in [1.165, 1.54) is 0 Å². The van der Waals surface area contributed by atoms with Crippen molar-refractivity contribution in [2.24, 2.45) is 0 Å². The first-order chi connectivity index (χ1) is 12.2. The molecule has 0 saturated carbocycles. The predicted molar refractivity (Wildman–Crippen MR) is 98.0 cm³/mol. The molecule has 1 N–H and O–H groups in total. The van der Waals surface area contributed by atoms with Crippen molar-refractivity contribution < 1.29 is 14.3 Å². The maximum absolute atomic E-state index is 12.2. The highest BCUT2D eigenvalue weighted by atomic mass is 16.5. The first-order valence-electron chi connectivity index (χ1n) is 8.49. The maximum atomic E-state index is 12.2. The Morgan fingerprint density at radius 1 is 1.16 bits per heavy atom. The van der Waals surface area contributed by atoms with Crippen molar-refractivity contribution in [1.29, 1.82) is 0 Å². The summed E-state index contributed by atoms with van der Waals surface area (Å²) in [7, 11) is 1.63. The zero-order valence-electron chi connectivity index (χ0n) is 14.3. The lowest BCUT2D eigenvalue weighted by Gasteiger charge is -2.16. The molecular formula is C20H22N2O3. The molecule has 2 aromatic carbocycles. The van der Waals surface area contributed by atoms with Crippen LogP contribution in [0, 0.1) is 0 Å². The monoisotopic (exact) mass is 338 g/mol. The average molecular weight is 338 g/mol. The Hall–Kier alpha value is -2.82. The molecular weight excluding hydrogens is 316 g/mol. The molecule has 0 bridgehead atoms. The Balaban J connectivity index is 1.55. The van der Waals surface area contributed by atoms with Crippen LogP contribution in [0.2, 0.25) is 0 Å². The number of methoxy groups -OCH3 is 1. The number of benzene rings is 2. The van der Waals surface area contributed by atoms with Crippen LogP contribution >= 0.6 is 0 Å². The van der Waals surface area contributed by atoms with E-state index in [0.717, 1.165) is 35.7 Å². The van der Waals surface area contributed by atoms with Gasteiger partial charge in [-0.1, -0.05) is 18.2 Å². The molecule has 0 unspecified atom stereocenters. The summed E-state index contributed by atoms with van der Waals surface area (Å²) in [6.45, 7) is 0.767. The molecule has 0 spiro atoms. The second-order valence-electron chi connectivity index (χ2n) is 6.06. The van der Waals surface area contributed by atoms with Crippen LogP contribution in [0.1, 0.15) is 24.8 Å². The highest BCUT2D eigenvalue weighted by Gasteiger charge is 2.21. The smallest absolute Gasteiger partial charge is 0.227 e. The van der Waals surface area contributed by atoms with Crippen LogP contribution in [0.4, 0.5) is 11.4 Å². The number of nitrogens with zero attached hydrogens (tertiary/aromatic N) is 1. The number of amides is 2. The van der Waals surface area contributed by atoms with Crippen molar-refractivity contribution in [3.8, 4) is 5.75 Å². The summed E-state index contributed by atoms with van der Waals surface area (Å²) in [6.07, 6.45) is 2.52. The Kier molecular flexibility index (Phi) is 5.33. The van der Waals surface area contributed by atoms with Crippen LogP contribution in [0.5, 0.6) is 5.75 Å². The highest BCUT2D eigenvalue weighted by molar-refractivity contribution is 5.96. The minimum atomic E-state index is -0.0455. The molecule has 0 atom stereocenters. The van der Waals surface area contributed by atoms with E-state index in [2.05, 4.69) is 5.32 Å². The van der Waals surface area contributed by atoms with E-state index in [1.807, 2.05) is 48.5 Å².